The van der Waals surface area contributed by atoms with E-state index in [4.69, 9.17) is 28.2 Å². The summed E-state index contributed by atoms with van der Waals surface area (Å²) in [5, 5.41) is 8.67. The molecule has 3 aromatic rings. The Balaban J connectivity index is 1.58. The number of para-hydroxylation sites is 2. The highest BCUT2D eigenvalue weighted by Gasteiger charge is 2.33. The Labute approximate surface area is 204 Å². The summed E-state index contributed by atoms with van der Waals surface area (Å²) >= 11 is 12.3. The van der Waals surface area contributed by atoms with Gasteiger partial charge in [-0.25, -0.2) is 0 Å². The van der Waals surface area contributed by atoms with Gasteiger partial charge in [-0.2, -0.15) is 0 Å². The third-order valence-electron chi connectivity index (χ3n) is 5.69. The highest BCUT2D eigenvalue weighted by molar-refractivity contribution is 6.30. The molecule has 166 valence electrons. The van der Waals surface area contributed by atoms with Crippen LogP contribution in [0.3, 0.4) is 0 Å². The van der Waals surface area contributed by atoms with Crippen LogP contribution in [0.2, 0.25) is 10.0 Å². The molecule has 0 fully saturated rings. The predicted octanol–water partition coefficient (Wildman–Crippen LogP) is 7.67. The molecule has 2 aliphatic rings. The van der Waals surface area contributed by atoms with Gasteiger partial charge in [0.1, 0.15) is 6.04 Å². The number of anilines is 4. The molecular formula is C27H24Cl2N4. The lowest BCUT2D eigenvalue weighted by Crippen LogP contribution is -2.40. The van der Waals surface area contributed by atoms with E-state index in [0.29, 0.717) is 5.02 Å². The van der Waals surface area contributed by atoms with Crippen LogP contribution in [0.1, 0.15) is 13.3 Å². The van der Waals surface area contributed by atoms with Crippen molar-refractivity contribution in [2.24, 2.45) is 4.99 Å². The molecule has 0 amide bonds. The molecule has 3 aromatic carbocycles. The van der Waals surface area contributed by atoms with Crippen molar-refractivity contribution in [3.63, 3.8) is 0 Å². The van der Waals surface area contributed by atoms with Crippen molar-refractivity contribution < 1.29 is 0 Å². The average Bonchev–Trinajstić information content (AvgIpc) is 2.83. The SMILES string of the molecule is CCC=N[C@@H]1C=C2C(C=C1Nc1ccc(Cl)cc1)Nc1ccccc1N2c1ccc(Cl)cc1. The topological polar surface area (TPSA) is 39.7 Å². The van der Waals surface area contributed by atoms with Crippen molar-refractivity contribution in [3.05, 3.63) is 106 Å². The Morgan fingerprint density at radius 3 is 2.36 bits per heavy atom. The molecule has 2 N–H and O–H groups in total. The quantitative estimate of drug-likeness (QED) is 0.372. The maximum absolute atomic E-state index is 6.18. The number of halogens is 2. The van der Waals surface area contributed by atoms with E-state index in [9.17, 15) is 0 Å². The van der Waals surface area contributed by atoms with Crippen LogP contribution in [0.5, 0.6) is 0 Å². The van der Waals surface area contributed by atoms with Crippen molar-refractivity contribution in [1.82, 2.24) is 0 Å². The zero-order chi connectivity index (χ0) is 22.8. The molecule has 0 saturated heterocycles. The van der Waals surface area contributed by atoms with E-state index in [1.54, 1.807) is 0 Å². The highest BCUT2D eigenvalue weighted by Crippen LogP contribution is 2.43. The molecule has 4 nitrogen and oxygen atoms in total. The van der Waals surface area contributed by atoms with Crippen molar-refractivity contribution in [2.75, 3.05) is 15.5 Å². The summed E-state index contributed by atoms with van der Waals surface area (Å²) in [6.45, 7) is 2.09. The largest absolute Gasteiger partial charge is 0.372 e. The van der Waals surface area contributed by atoms with Gasteiger partial charge in [0.05, 0.1) is 17.4 Å². The maximum Gasteiger partial charge on any atom is 0.109 e. The van der Waals surface area contributed by atoms with E-state index in [1.807, 2.05) is 48.7 Å². The van der Waals surface area contributed by atoms with E-state index in [1.165, 1.54) is 0 Å². The van der Waals surface area contributed by atoms with Crippen LogP contribution in [-0.4, -0.2) is 18.3 Å². The number of aliphatic imine (C=N–C) groups is 1. The van der Waals surface area contributed by atoms with Gasteiger partial charge in [0.25, 0.3) is 0 Å². The molecule has 0 aromatic heterocycles. The van der Waals surface area contributed by atoms with E-state index in [-0.39, 0.29) is 12.1 Å². The lowest BCUT2D eigenvalue weighted by atomic mass is 9.94. The van der Waals surface area contributed by atoms with Crippen LogP contribution in [-0.2, 0) is 0 Å². The minimum atomic E-state index is -0.131. The highest BCUT2D eigenvalue weighted by atomic mass is 35.5. The Morgan fingerprint density at radius 2 is 1.64 bits per heavy atom. The molecule has 1 unspecified atom stereocenters. The number of nitrogens with one attached hydrogen (secondary N) is 2. The smallest absolute Gasteiger partial charge is 0.109 e. The van der Waals surface area contributed by atoms with Gasteiger partial charge in [-0.1, -0.05) is 42.3 Å². The number of hydrogen-bond donors (Lipinski definition) is 2. The van der Waals surface area contributed by atoms with Crippen LogP contribution >= 0.6 is 23.2 Å². The van der Waals surface area contributed by atoms with Gasteiger partial charge in [0, 0.05) is 32.8 Å². The summed E-state index contributed by atoms with van der Waals surface area (Å²) < 4.78 is 0. The van der Waals surface area contributed by atoms with Crippen LogP contribution < -0.4 is 15.5 Å². The van der Waals surface area contributed by atoms with Crippen molar-refractivity contribution in [1.29, 1.82) is 0 Å². The maximum atomic E-state index is 6.18. The van der Waals surface area contributed by atoms with Crippen LogP contribution in [0.25, 0.3) is 0 Å². The van der Waals surface area contributed by atoms with Gasteiger partial charge in [0.2, 0.25) is 0 Å². The minimum Gasteiger partial charge on any atom is -0.372 e. The first-order chi connectivity index (χ1) is 16.1. The molecule has 1 aliphatic heterocycles. The van der Waals surface area contributed by atoms with Crippen LogP contribution in [0.4, 0.5) is 22.7 Å². The standard InChI is InChI=1S/C27H24Cl2N4/c1-2-15-30-23-17-27-25(16-24(23)31-20-11-7-18(28)8-12-20)32-22-5-3-4-6-26(22)33(27)21-13-9-19(29)10-14-21/h3-17,23,25,31-32H,2H2,1H3/t23-,25?/m1/s1. The number of rotatable bonds is 5. The Hall–Kier alpha value is -3.21. The number of nitrogens with zero attached hydrogens (tertiary/aromatic N) is 2. The fraction of sp³-hybridized carbons (Fsp3) is 0.148. The van der Waals surface area contributed by atoms with Crippen LogP contribution in [0.15, 0.2) is 101 Å². The van der Waals surface area contributed by atoms with Gasteiger partial charge in [-0.15, -0.1) is 0 Å². The summed E-state index contributed by atoms with van der Waals surface area (Å²) in [5.74, 6) is 0. The number of benzene rings is 3. The monoisotopic (exact) mass is 474 g/mol. The Kier molecular flexibility index (Phi) is 6.12. The Bertz CT molecular complexity index is 1230. The zero-order valence-electron chi connectivity index (χ0n) is 18.2. The van der Waals surface area contributed by atoms with Gasteiger partial charge in [-0.3, -0.25) is 4.99 Å². The first-order valence-corrected chi connectivity index (χ1v) is 11.8. The number of fused-ring (bicyclic) bond motifs is 2. The second kappa shape index (κ2) is 9.34. The zero-order valence-corrected chi connectivity index (χ0v) is 19.7. The molecule has 0 spiro atoms. The molecule has 2 atom stereocenters. The third kappa shape index (κ3) is 4.50. The minimum absolute atomic E-state index is 0.0153. The van der Waals surface area contributed by atoms with Gasteiger partial charge < -0.3 is 15.5 Å². The van der Waals surface area contributed by atoms with E-state index < -0.39 is 0 Å². The van der Waals surface area contributed by atoms with E-state index in [0.717, 1.165) is 45.6 Å². The van der Waals surface area contributed by atoms with Crippen molar-refractivity contribution in [2.45, 2.75) is 25.4 Å². The fourth-order valence-electron chi connectivity index (χ4n) is 4.18. The fourth-order valence-corrected chi connectivity index (χ4v) is 4.43. The predicted molar refractivity (Wildman–Crippen MR) is 141 cm³/mol. The summed E-state index contributed by atoms with van der Waals surface area (Å²) in [5.41, 5.74) is 6.38. The Morgan fingerprint density at radius 1 is 0.939 bits per heavy atom. The lowest BCUT2D eigenvalue weighted by Gasteiger charge is -2.41. The molecule has 0 bridgehead atoms. The molecular weight excluding hydrogens is 451 g/mol. The molecule has 33 heavy (non-hydrogen) atoms. The third-order valence-corrected chi connectivity index (χ3v) is 6.20. The van der Waals surface area contributed by atoms with E-state index >= 15 is 0 Å². The molecule has 0 radical (unpaired) electrons. The molecule has 1 aliphatic carbocycles. The van der Waals surface area contributed by atoms with E-state index in [2.05, 4.69) is 64.9 Å². The van der Waals surface area contributed by atoms with Crippen molar-refractivity contribution in [3.8, 4) is 0 Å². The summed E-state index contributed by atoms with van der Waals surface area (Å²) in [6.07, 6.45) is 7.29. The lowest BCUT2D eigenvalue weighted by molar-refractivity contribution is 0.824. The number of hydrogen-bond acceptors (Lipinski definition) is 4. The second-order valence-corrected chi connectivity index (χ2v) is 8.85. The molecule has 1 heterocycles. The van der Waals surface area contributed by atoms with Crippen LogP contribution in [0, 0.1) is 0 Å². The summed E-state index contributed by atoms with van der Waals surface area (Å²) in [6, 6.07) is 23.9. The summed E-state index contributed by atoms with van der Waals surface area (Å²) in [7, 11) is 0. The summed E-state index contributed by atoms with van der Waals surface area (Å²) in [4.78, 5) is 7.14. The van der Waals surface area contributed by atoms with Gasteiger partial charge in [-0.05, 0) is 85.5 Å². The van der Waals surface area contributed by atoms with Gasteiger partial charge >= 0.3 is 0 Å². The molecule has 5 rings (SSSR count). The molecule has 6 heteroatoms. The second-order valence-electron chi connectivity index (χ2n) is 7.98. The normalized spacial score (nSPS) is 19.3. The average molecular weight is 475 g/mol. The molecule has 0 saturated carbocycles. The van der Waals surface area contributed by atoms with Gasteiger partial charge in [0.15, 0.2) is 0 Å². The first kappa shape index (κ1) is 21.6. The first-order valence-electron chi connectivity index (χ1n) is 11.0. The van der Waals surface area contributed by atoms with Crippen molar-refractivity contribution >= 4 is 52.2 Å².